The van der Waals surface area contributed by atoms with Crippen molar-refractivity contribution in [2.75, 3.05) is 32.8 Å². The Morgan fingerprint density at radius 2 is 2.00 bits per heavy atom. The number of carbonyl (C=O) groups is 1. The van der Waals surface area contributed by atoms with Crippen LogP contribution in [0.2, 0.25) is 0 Å². The second-order valence-electron chi connectivity index (χ2n) is 4.93. The number of hydrogen-bond acceptors (Lipinski definition) is 3. The summed E-state index contributed by atoms with van der Waals surface area (Å²) in [5, 5.41) is 3.26. The maximum absolute atomic E-state index is 12.6. The first-order valence-corrected chi connectivity index (χ1v) is 6.87. The van der Waals surface area contributed by atoms with Gasteiger partial charge in [0.05, 0.1) is 12.2 Å². The number of amides is 1. The normalized spacial score (nSPS) is 15.4. The summed E-state index contributed by atoms with van der Waals surface area (Å²) in [7, 11) is 0. The molecule has 19 heavy (non-hydrogen) atoms. The second-order valence-corrected chi connectivity index (χ2v) is 4.93. The highest BCUT2D eigenvalue weighted by atomic mass is 16.5. The molecule has 0 saturated carbocycles. The number of benzene rings is 1. The average molecular weight is 262 g/mol. The molecule has 1 saturated heterocycles. The Morgan fingerprint density at radius 1 is 1.32 bits per heavy atom. The Bertz CT molecular complexity index is 465. The van der Waals surface area contributed by atoms with Crippen LogP contribution in [0.3, 0.4) is 0 Å². The standard InChI is InChI=1S/C15H22N2O2/c1-4-19-14-12(3)9-11(2)10-13(14)15(18)17-7-5-16-6-8-17/h9-10,16H,4-8H2,1-3H3. The first-order chi connectivity index (χ1) is 9.13. The second kappa shape index (κ2) is 6.06. The molecule has 4 nitrogen and oxygen atoms in total. The van der Waals surface area contributed by atoms with Crippen LogP contribution in [0.25, 0.3) is 0 Å². The fraction of sp³-hybridized carbons (Fsp3) is 0.533. The third-order valence-corrected chi connectivity index (χ3v) is 3.34. The van der Waals surface area contributed by atoms with Gasteiger partial charge in [0.25, 0.3) is 5.91 Å². The molecule has 1 N–H and O–H groups in total. The molecule has 0 aromatic heterocycles. The van der Waals surface area contributed by atoms with E-state index < -0.39 is 0 Å². The van der Waals surface area contributed by atoms with E-state index in [1.54, 1.807) is 0 Å². The molecule has 0 spiro atoms. The number of rotatable bonds is 3. The molecule has 1 aliphatic rings. The molecule has 1 aromatic rings. The lowest BCUT2D eigenvalue weighted by atomic mass is 10.0. The Labute approximate surface area is 114 Å². The van der Waals surface area contributed by atoms with Crippen molar-refractivity contribution >= 4 is 5.91 Å². The molecule has 0 radical (unpaired) electrons. The van der Waals surface area contributed by atoms with Crippen LogP contribution >= 0.6 is 0 Å². The molecule has 2 rings (SSSR count). The topological polar surface area (TPSA) is 41.6 Å². The van der Waals surface area contributed by atoms with E-state index in [-0.39, 0.29) is 5.91 Å². The van der Waals surface area contributed by atoms with E-state index in [0.29, 0.717) is 12.2 Å². The predicted molar refractivity (Wildman–Crippen MR) is 75.9 cm³/mol. The lowest BCUT2D eigenvalue weighted by molar-refractivity contribution is 0.0731. The van der Waals surface area contributed by atoms with Crippen LogP contribution in [-0.4, -0.2) is 43.6 Å². The largest absolute Gasteiger partial charge is 0.493 e. The summed E-state index contributed by atoms with van der Waals surface area (Å²) in [4.78, 5) is 14.5. The van der Waals surface area contributed by atoms with E-state index in [4.69, 9.17) is 4.74 Å². The van der Waals surface area contributed by atoms with Gasteiger partial charge in [0.2, 0.25) is 0 Å². The highest BCUT2D eigenvalue weighted by Crippen LogP contribution is 2.27. The van der Waals surface area contributed by atoms with E-state index in [2.05, 4.69) is 11.4 Å². The third-order valence-electron chi connectivity index (χ3n) is 3.34. The van der Waals surface area contributed by atoms with Crippen molar-refractivity contribution in [2.45, 2.75) is 20.8 Å². The zero-order chi connectivity index (χ0) is 13.8. The van der Waals surface area contributed by atoms with Gasteiger partial charge < -0.3 is 15.0 Å². The summed E-state index contributed by atoms with van der Waals surface area (Å²) in [6.07, 6.45) is 0. The van der Waals surface area contributed by atoms with E-state index >= 15 is 0 Å². The SMILES string of the molecule is CCOc1c(C)cc(C)cc1C(=O)N1CCNCC1. The van der Waals surface area contributed by atoms with Crippen molar-refractivity contribution in [3.05, 3.63) is 28.8 Å². The summed E-state index contributed by atoms with van der Waals surface area (Å²) >= 11 is 0. The molecule has 1 aromatic carbocycles. The highest BCUT2D eigenvalue weighted by Gasteiger charge is 2.22. The molecular weight excluding hydrogens is 240 g/mol. The Morgan fingerprint density at radius 3 is 2.63 bits per heavy atom. The van der Waals surface area contributed by atoms with E-state index in [0.717, 1.165) is 43.1 Å². The van der Waals surface area contributed by atoms with Crippen molar-refractivity contribution in [1.82, 2.24) is 10.2 Å². The maximum Gasteiger partial charge on any atom is 0.257 e. The quantitative estimate of drug-likeness (QED) is 0.902. The van der Waals surface area contributed by atoms with Gasteiger partial charge in [-0.1, -0.05) is 6.07 Å². The maximum atomic E-state index is 12.6. The molecule has 4 heteroatoms. The first kappa shape index (κ1) is 13.9. The predicted octanol–water partition coefficient (Wildman–Crippen LogP) is 1.75. The average Bonchev–Trinajstić information content (AvgIpc) is 2.42. The van der Waals surface area contributed by atoms with Gasteiger partial charge in [0.1, 0.15) is 5.75 Å². The van der Waals surface area contributed by atoms with Crippen molar-refractivity contribution in [3.63, 3.8) is 0 Å². The van der Waals surface area contributed by atoms with E-state index in [1.165, 1.54) is 0 Å². The molecule has 0 unspecified atom stereocenters. The third kappa shape index (κ3) is 3.07. The van der Waals surface area contributed by atoms with Gasteiger partial charge in [0.15, 0.2) is 0 Å². The molecule has 1 heterocycles. The van der Waals surface area contributed by atoms with Gasteiger partial charge in [-0.05, 0) is 38.0 Å². The van der Waals surface area contributed by atoms with Gasteiger partial charge in [-0.3, -0.25) is 4.79 Å². The van der Waals surface area contributed by atoms with Crippen LogP contribution in [0.5, 0.6) is 5.75 Å². The van der Waals surface area contributed by atoms with E-state index in [1.807, 2.05) is 31.7 Å². The van der Waals surface area contributed by atoms with Gasteiger partial charge >= 0.3 is 0 Å². The van der Waals surface area contributed by atoms with E-state index in [9.17, 15) is 4.79 Å². The van der Waals surface area contributed by atoms with Crippen LogP contribution in [0.15, 0.2) is 12.1 Å². The highest BCUT2D eigenvalue weighted by molar-refractivity contribution is 5.97. The summed E-state index contributed by atoms with van der Waals surface area (Å²) in [5.41, 5.74) is 2.82. The Kier molecular flexibility index (Phi) is 4.43. The number of nitrogens with one attached hydrogen (secondary N) is 1. The lowest BCUT2D eigenvalue weighted by Crippen LogP contribution is -2.46. The van der Waals surface area contributed by atoms with Crippen LogP contribution in [0, 0.1) is 13.8 Å². The minimum atomic E-state index is 0.0803. The molecule has 0 atom stereocenters. The molecule has 1 amide bonds. The number of hydrogen-bond donors (Lipinski definition) is 1. The van der Waals surface area contributed by atoms with Crippen molar-refractivity contribution in [3.8, 4) is 5.75 Å². The summed E-state index contributed by atoms with van der Waals surface area (Å²) < 4.78 is 5.67. The number of piperazine rings is 1. The molecule has 1 fully saturated rings. The summed E-state index contributed by atoms with van der Waals surface area (Å²) in [5.74, 6) is 0.813. The van der Waals surface area contributed by atoms with Crippen molar-refractivity contribution in [2.24, 2.45) is 0 Å². The number of aryl methyl sites for hydroxylation is 2. The molecule has 104 valence electrons. The zero-order valence-electron chi connectivity index (χ0n) is 12.0. The number of nitrogens with zero attached hydrogens (tertiary/aromatic N) is 1. The van der Waals surface area contributed by atoms with Crippen LogP contribution in [0.1, 0.15) is 28.4 Å². The lowest BCUT2D eigenvalue weighted by Gasteiger charge is -2.28. The minimum Gasteiger partial charge on any atom is -0.493 e. The summed E-state index contributed by atoms with van der Waals surface area (Å²) in [6, 6.07) is 3.99. The van der Waals surface area contributed by atoms with Gasteiger partial charge in [0, 0.05) is 26.2 Å². The Hall–Kier alpha value is -1.55. The molecule has 0 bridgehead atoms. The Balaban J connectivity index is 2.33. The fourth-order valence-electron chi connectivity index (χ4n) is 2.49. The van der Waals surface area contributed by atoms with Gasteiger partial charge in [-0.15, -0.1) is 0 Å². The van der Waals surface area contributed by atoms with Crippen LogP contribution < -0.4 is 10.1 Å². The smallest absolute Gasteiger partial charge is 0.257 e. The van der Waals surface area contributed by atoms with Crippen LogP contribution in [-0.2, 0) is 0 Å². The van der Waals surface area contributed by atoms with Crippen molar-refractivity contribution in [1.29, 1.82) is 0 Å². The monoisotopic (exact) mass is 262 g/mol. The number of ether oxygens (including phenoxy) is 1. The van der Waals surface area contributed by atoms with Crippen molar-refractivity contribution < 1.29 is 9.53 Å². The molecule has 1 aliphatic heterocycles. The fourth-order valence-corrected chi connectivity index (χ4v) is 2.49. The number of carbonyl (C=O) groups excluding carboxylic acids is 1. The molecular formula is C15H22N2O2. The van der Waals surface area contributed by atoms with Gasteiger partial charge in [-0.25, -0.2) is 0 Å². The molecule has 0 aliphatic carbocycles. The van der Waals surface area contributed by atoms with Gasteiger partial charge in [-0.2, -0.15) is 0 Å². The first-order valence-electron chi connectivity index (χ1n) is 6.87. The van der Waals surface area contributed by atoms with Crippen LogP contribution in [0.4, 0.5) is 0 Å². The minimum absolute atomic E-state index is 0.0803. The summed E-state index contributed by atoms with van der Waals surface area (Å²) in [6.45, 7) is 9.77. The zero-order valence-corrected chi connectivity index (χ0v) is 12.0.